The molecule has 0 radical (unpaired) electrons. The van der Waals surface area contributed by atoms with Crippen LogP contribution in [-0.4, -0.2) is 261 Å². The Bertz CT molecular complexity index is 1560. The Kier molecular flexibility index (Phi) is 48.0. The minimum atomic E-state index is -0.0296. The van der Waals surface area contributed by atoms with E-state index >= 15 is 0 Å². The van der Waals surface area contributed by atoms with Gasteiger partial charge in [-0.15, -0.1) is 11.3 Å². The summed E-state index contributed by atoms with van der Waals surface area (Å²) in [6, 6.07) is 21.2. The lowest BCUT2D eigenvalue weighted by Gasteiger charge is -2.26. The van der Waals surface area contributed by atoms with E-state index < -0.39 is 0 Å². The topological polar surface area (TPSA) is 213 Å². The molecule has 1 aromatic heterocycles. The van der Waals surface area contributed by atoms with Crippen molar-refractivity contribution in [1.29, 1.82) is 0 Å². The third-order valence-corrected chi connectivity index (χ3v) is 12.0. The van der Waals surface area contributed by atoms with Gasteiger partial charge in [0.25, 0.3) is 0 Å². The molecular weight excluding hydrogens is 1060 g/mol. The quantitative estimate of drug-likeness (QED) is 0.0579. The predicted octanol–water partition coefficient (Wildman–Crippen LogP) is 4.69. The molecule has 0 bridgehead atoms. The number of ether oxygens (including phenoxy) is 16. The van der Waals surface area contributed by atoms with E-state index in [0.717, 1.165) is 22.5 Å². The first-order chi connectivity index (χ1) is 39.7. The van der Waals surface area contributed by atoms with E-state index in [1.807, 2.05) is 24.0 Å². The van der Waals surface area contributed by atoms with Gasteiger partial charge in [0.1, 0.15) is 0 Å². The minimum Gasteiger partial charge on any atom is -0.394 e. The van der Waals surface area contributed by atoms with Crippen molar-refractivity contribution >= 4 is 22.7 Å². The molecule has 80 heavy (non-hydrogen) atoms. The number of aliphatic hydroxyl groups excluding tert-OH is 2. The van der Waals surface area contributed by atoms with Gasteiger partial charge in [0.15, 0.2) is 0 Å². The number of hydrogen-bond donors (Lipinski definition) is 2. The summed E-state index contributed by atoms with van der Waals surface area (Å²) < 4.78 is 89.1. The van der Waals surface area contributed by atoms with Gasteiger partial charge in [-0.05, 0) is 60.7 Å². The molecule has 0 aliphatic rings. The SMILES string of the molecule is CCOCCOCCOCCOCCON(CCOCCOCCOCCOCCO)c1ccc(C(c2ccc(N(CCOCCOCCOCCOCCO)OCCOCCOCCOCCOCC)cc2)c2cccs2)cc1. The van der Waals surface area contributed by atoms with Crippen LogP contribution >= 0.6 is 11.3 Å². The van der Waals surface area contributed by atoms with Gasteiger partial charge in [0.05, 0.1) is 249 Å². The van der Waals surface area contributed by atoms with Crippen LogP contribution in [0, 0.1) is 0 Å². The Balaban J connectivity index is 1.60. The number of hydrogen-bond acceptors (Lipinski definition) is 23. The molecule has 0 atom stereocenters. The maximum Gasteiger partial charge on any atom is 0.0982 e. The van der Waals surface area contributed by atoms with Crippen molar-refractivity contribution < 1.29 is 95.7 Å². The molecule has 2 N–H and O–H groups in total. The largest absolute Gasteiger partial charge is 0.394 e. The van der Waals surface area contributed by atoms with Crippen LogP contribution in [0.5, 0.6) is 0 Å². The van der Waals surface area contributed by atoms with Gasteiger partial charge >= 0.3 is 0 Å². The van der Waals surface area contributed by atoms with Gasteiger partial charge in [-0.25, -0.2) is 0 Å². The highest BCUT2D eigenvalue weighted by atomic mass is 32.1. The summed E-state index contributed by atoms with van der Waals surface area (Å²) in [7, 11) is 0. The van der Waals surface area contributed by atoms with Crippen LogP contribution in [0.3, 0.4) is 0 Å². The fraction of sp³-hybridized carbons (Fsp3) is 0.719. The van der Waals surface area contributed by atoms with Crippen molar-refractivity contribution in [3.63, 3.8) is 0 Å². The highest BCUT2D eigenvalue weighted by Crippen LogP contribution is 2.36. The minimum absolute atomic E-state index is 0.00528. The number of anilines is 2. The summed E-state index contributed by atoms with van der Waals surface area (Å²) >= 11 is 1.72. The fourth-order valence-corrected chi connectivity index (χ4v) is 8.03. The van der Waals surface area contributed by atoms with Gasteiger partial charge in [0.2, 0.25) is 0 Å². The Morgan fingerprint density at radius 3 is 0.850 bits per heavy atom. The number of rotatable bonds is 61. The second-order valence-corrected chi connectivity index (χ2v) is 17.9. The van der Waals surface area contributed by atoms with Crippen molar-refractivity contribution in [3.05, 3.63) is 82.0 Å². The third kappa shape index (κ3) is 37.9. The zero-order valence-electron chi connectivity index (χ0n) is 47.8. The number of hydroxylamine groups is 2. The van der Waals surface area contributed by atoms with Crippen molar-refractivity contribution in [3.8, 4) is 0 Å². The van der Waals surface area contributed by atoms with E-state index in [4.69, 9.17) is 95.7 Å². The summed E-state index contributed by atoms with van der Waals surface area (Å²) in [5, 5.41) is 23.4. The molecule has 22 nitrogen and oxygen atoms in total. The zero-order valence-corrected chi connectivity index (χ0v) is 48.7. The summed E-state index contributed by atoms with van der Waals surface area (Å²) in [4.78, 5) is 13.8. The molecule has 3 aromatic rings. The molecule has 0 fully saturated rings. The molecule has 0 amide bonds. The maximum absolute atomic E-state index is 8.81. The molecule has 0 unspecified atom stereocenters. The van der Waals surface area contributed by atoms with Crippen LogP contribution in [0.4, 0.5) is 11.4 Å². The average Bonchev–Trinajstić information content (AvgIpc) is 4.02. The second-order valence-electron chi connectivity index (χ2n) is 16.9. The molecule has 23 heteroatoms. The summed E-state index contributed by atoms with van der Waals surface area (Å²) in [6.45, 7) is 20.3. The molecule has 0 aliphatic heterocycles. The maximum atomic E-state index is 8.81. The van der Waals surface area contributed by atoms with Gasteiger partial charge in [0, 0.05) is 24.0 Å². The molecule has 0 aliphatic carbocycles. The molecule has 460 valence electrons. The number of nitrogens with zero attached hydrogens (tertiary/aromatic N) is 2. The summed E-state index contributed by atoms with van der Waals surface area (Å²) in [5.74, 6) is -0.0296. The molecule has 3 rings (SSSR count). The molecule has 0 saturated carbocycles. The second kappa shape index (κ2) is 53.9. The lowest BCUT2D eigenvalue weighted by Crippen LogP contribution is -2.30. The smallest absolute Gasteiger partial charge is 0.0982 e. The van der Waals surface area contributed by atoms with Crippen LogP contribution in [0.25, 0.3) is 0 Å². The molecule has 0 saturated heterocycles. The fourth-order valence-electron chi connectivity index (χ4n) is 7.15. The number of benzene rings is 2. The van der Waals surface area contributed by atoms with E-state index in [1.54, 1.807) is 11.3 Å². The lowest BCUT2D eigenvalue weighted by molar-refractivity contribution is -0.0171. The number of thiophene rings is 1. The Hall–Kier alpha value is -3.06. The Morgan fingerprint density at radius 2 is 0.588 bits per heavy atom. The highest BCUT2D eigenvalue weighted by Gasteiger charge is 2.20. The van der Waals surface area contributed by atoms with E-state index in [9.17, 15) is 0 Å². The van der Waals surface area contributed by atoms with Crippen molar-refractivity contribution in [1.82, 2.24) is 0 Å². The van der Waals surface area contributed by atoms with Gasteiger partial charge in [-0.1, -0.05) is 30.3 Å². The molecular formula is C57H96N2O20S. The van der Waals surface area contributed by atoms with E-state index in [2.05, 4.69) is 66.0 Å². The van der Waals surface area contributed by atoms with E-state index in [0.29, 0.717) is 238 Å². The van der Waals surface area contributed by atoms with E-state index in [1.165, 1.54) is 4.88 Å². The first-order valence-corrected chi connectivity index (χ1v) is 29.1. The summed E-state index contributed by atoms with van der Waals surface area (Å²) in [6.07, 6.45) is 0. The Morgan fingerprint density at radius 1 is 0.325 bits per heavy atom. The highest BCUT2D eigenvalue weighted by molar-refractivity contribution is 7.10. The first-order valence-electron chi connectivity index (χ1n) is 28.2. The molecule has 2 aromatic carbocycles. The van der Waals surface area contributed by atoms with Crippen molar-refractivity contribution in [2.24, 2.45) is 0 Å². The first kappa shape index (κ1) is 71.2. The normalized spacial score (nSPS) is 11.7. The average molecular weight is 1160 g/mol. The van der Waals surface area contributed by atoms with Gasteiger partial charge in [-0.2, -0.15) is 0 Å². The molecule has 0 spiro atoms. The van der Waals surface area contributed by atoms with Crippen molar-refractivity contribution in [2.75, 3.05) is 261 Å². The van der Waals surface area contributed by atoms with Gasteiger partial charge < -0.3 is 86.0 Å². The molecule has 1 heterocycles. The van der Waals surface area contributed by atoms with Crippen LogP contribution in [0.2, 0.25) is 0 Å². The van der Waals surface area contributed by atoms with Crippen LogP contribution in [-0.2, 0) is 85.5 Å². The predicted molar refractivity (Wildman–Crippen MR) is 303 cm³/mol. The number of aliphatic hydroxyl groups is 2. The monoisotopic (exact) mass is 1160 g/mol. The van der Waals surface area contributed by atoms with Crippen LogP contribution < -0.4 is 10.1 Å². The van der Waals surface area contributed by atoms with Crippen LogP contribution in [0.15, 0.2) is 66.0 Å². The Labute approximate surface area is 479 Å². The third-order valence-electron chi connectivity index (χ3n) is 11.0. The standard InChI is InChI=1S/C57H96N2O20S/c1-3-62-23-25-68-35-37-74-43-45-76-47-49-78-58(15-19-64-27-31-70-39-41-72-33-29-66-21-17-60)54-11-7-52(8-12-54)57(56-6-5-51-80-56)53-9-13-55(14-10-53)59(16-20-65-28-32-71-40-42-73-34-30-67-22-18-61)79-50-48-77-46-44-75-38-36-69-26-24-63-4-2/h5-14,51,57,60-61H,3-4,15-50H2,1-2H3. The summed E-state index contributed by atoms with van der Waals surface area (Å²) in [5.41, 5.74) is 4.01. The van der Waals surface area contributed by atoms with Crippen LogP contribution in [0.1, 0.15) is 35.8 Å². The van der Waals surface area contributed by atoms with E-state index in [-0.39, 0.29) is 19.1 Å². The zero-order chi connectivity index (χ0) is 56.7. The lowest BCUT2D eigenvalue weighted by atomic mass is 9.89. The van der Waals surface area contributed by atoms with Crippen molar-refractivity contribution in [2.45, 2.75) is 19.8 Å². The van der Waals surface area contributed by atoms with Gasteiger partial charge in [-0.3, -0.25) is 19.8 Å².